The monoisotopic (exact) mass is 320 g/mol. The van der Waals surface area contributed by atoms with Crippen LogP contribution >= 0.6 is 23.4 Å². The second-order valence-electron chi connectivity index (χ2n) is 3.80. The third-order valence-electron chi connectivity index (χ3n) is 2.16. The first-order valence-electron chi connectivity index (χ1n) is 5.53. The van der Waals surface area contributed by atoms with Crippen LogP contribution in [0.2, 0.25) is 0 Å². The van der Waals surface area contributed by atoms with Crippen LogP contribution in [-0.2, 0) is 4.79 Å². The van der Waals surface area contributed by atoms with Crippen LogP contribution < -0.4 is 5.32 Å². The number of non-ortho nitro benzene ring substituents is 1. The lowest BCUT2D eigenvalue weighted by molar-refractivity contribution is -0.385. The minimum absolute atomic E-state index is 0.181. The molecule has 9 heteroatoms. The fourth-order valence-electron chi connectivity index (χ4n) is 1.28. The molecule has 0 aliphatic rings. The third kappa shape index (κ3) is 5.33. The molecule has 1 atom stereocenters. The molecule has 0 saturated heterocycles. The highest BCUT2D eigenvalue weighted by Crippen LogP contribution is 2.28. The van der Waals surface area contributed by atoms with Gasteiger partial charge in [0, 0.05) is 28.5 Å². The minimum atomic E-state index is -0.917. The van der Waals surface area contributed by atoms with Gasteiger partial charge >= 0.3 is 0 Å². The van der Waals surface area contributed by atoms with Crippen molar-refractivity contribution in [2.45, 2.75) is 11.0 Å². The Kier molecular flexibility index (Phi) is 6.73. The van der Waals surface area contributed by atoms with E-state index in [1.165, 1.54) is 18.2 Å². The maximum atomic E-state index is 11.2. The molecule has 1 rings (SSSR count). The molecule has 0 heterocycles. The molecule has 20 heavy (non-hydrogen) atoms. The normalized spacial score (nSPS) is 11.9. The lowest BCUT2D eigenvalue weighted by Crippen LogP contribution is -2.15. The van der Waals surface area contributed by atoms with Gasteiger partial charge in [0.15, 0.2) is 0 Å². The zero-order chi connectivity index (χ0) is 15.1. The summed E-state index contributed by atoms with van der Waals surface area (Å²) in [5, 5.41) is 31.2. The number of thioether (sulfide) groups is 1. The number of carbonyl (C=O) groups is 1. The summed E-state index contributed by atoms with van der Waals surface area (Å²) in [6.07, 6.45) is -0.917. The molecule has 0 aliphatic heterocycles. The van der Waals surface area contributed by atoms with E-state index in [-0.39, 0.29) is 23.0 Å². The predicted octanol–water partition coefficient (Wildman–Crippen LogP) is 1.22. The number of nitrogens with one attached hydrogen (secondary N) is 1. The minimum Gasteiger partial charge on any atom is -0.394 e. The summed E-state index contributed by atoms with van der Waals surface area (Å²) in [4.78, 5) is 21.9. The van der Waals surface area contributed by atoms with Gasteiger partial charge in [0.2, 0.25) is 5.91 Å². The zero-order valence-electron chi connectivity index (χ0n) is 10.3. The van der Waals surface area contributed by atoms with Crippen LogP contribution in [0.25, 0.3) is 0 Å². The summed E-state index contributed by atoms with van der Waals surface area (Å²) >= 11 is 6.49. The summed E-state index contributed by atoms with van der Waals surface area (Å²) < 4.78 is 0. The van der Waals surface area contributed by atoms with Gasteiger partial charge in [-0.3, -0.25) is 14.9 Å². The van der Waals surface area contributed by atoms with Crippen molar-refractivity contribution in [3.63, 3.8) is 0 Å². The highest BCUT2D eigenvalue weighted by Gasteiger charge is 2.13. The van der Waals surface area contributed by atoms with Gasteiger partial charge in [-0.25, -0.2) is 0 Å². The molecule has 0 unspecified atom stereocenters. The van der Waals surface area contributed by atoms with E-state index < -0.39 is 23.5 Å². The SMILES string of the molecule is O=C(CCl)Nc1cc(SC[C@H](O)CO)cc([N+](=O)[O-])c1. The zero-order valence-corrected chi connectivity index (χ0v) is 11.9. The van der Waals surface area contributed by atoms with E-state index in [2.05, 4.69) is 5.32 Å². The third-order valence-corrected chi connectivity index (χ3v) is 3.52. The molecule has 0 fully saturated rings. The summed E-state index contributed by atoms with van der Waals surface area (Å²) in [5.74, 6) is -0.548. The number of alkyl halides is 1. The number of aliphatic hydroxyl groups is 2. The van der Waals surface area contributed by atoms with Crippen LogP contribution in [0.5, 0.6) is 0 Å². The molecule has 110 valence electrons. The van der Waals surface area contributed by atoms with Crippen LogP contribution in [-0.4, -0.2) is 45.4 Å². The lowest BCUT2D eigenvalue weighted by Gasteiger charge is -2.09. The van der Waals surface area contributed by atoms with Crippen LogP contribution in [0.15, 0.2) is 23.1 Å². The van der Waals surface area contributed by atoms with Crippen molar-refractivity contribution in [2.24, 2.45) is 0 Å². The Balaban J connectivity index is 2.92. The number of hydrogen-bond donors (Lipinski definition) is 3. The summed E-state index contributed by atoms with van der Waals surface area (Å²) in [7, 11) is 0. The number of nitro groups is 1. The molecule has 0 aliphatic carbocycles. The molecule has 7 nitrogen and oxygen atoms in total. The Hall–Kier alpha value is -1.35. The second kappa shape index (κ2) is 8.05. The fraction of sp³-hybridized carbons (Fsp3) is 0.364. The molecule has 0 bridgehead atoms. The van der Waals surface area contributed by atoms with Gasteiger partial charge < -0.3 is 15.5 Å². The van der Waals surface area contributed by atoms with E-state index in [0.29, 0.717) is 4.90 Å². The van der Waals surface area contributed by atoms with Gasteiger partial charge in [0.05, 0.1) is 17.6 Å². The van der Waals surface area contributed by atoms with E-state index in [4.69, 9.17) is 16.7 Å². The standard InChI is InChI=1S/C11H13ClN2O5S/c12-4-11(17)13-7-1-8(14(18)19)3-10(2-7)20-6-9(16)5-15/h1-3,9,15-16H,4-6H2,(H,13,17)/t9-/m1/s1. The number of anilines is 1. The Morgan fingerprint density at radius 2 is 2.20 bits per heavy atom. The molecule has 1 aromatic carbocycles. The van der Waals surface area contributed by atoms with Crippen LogP contribution in [0.1, 0.15) is 0 Å². The molecule has 1 aromatic rings. The maximum absolute atomic E-state index is 11.2. The number of amides is 1. The summed E-state index contributed by atoms with van der Waals surface area (Å²) in [6, 6.07) is 4.08. The highest BCUT2D eigenvalue weighted by molar-refractivity contribution is 7.99. The number of rotatable bonds is 7. The number of benzene rings is 1. The van der Waals surface area contributed by atoms with Gasteiger partial charge in [0.25, 0.3) is 5.69 Å². The van der Waals surface area contributed by atoms with Crippen molar-refractivity contribution in [1.82, 2.24) is 0 Å². The number of aliphatic hydroxyl groups excluding tert-OH is 2. The molecular weight excluding hydrogens is 308 g/mol. The van der Waals surface area contributed by atoms with Gasteiger partial charge in [-0.05, 0) is 6.07 Å². The number of halogens is 1. The van der Waals surface area contributed by atoms with E-state index in [1.807, 2.05) is 0 Å². The first-order valence-corrected chi connectivity index (χ1v) is 7.05. The van der Waals surface area contributed by atoms with Crippen molar-refractivity contribution in [2.75, 3.05) is 23.6 Å². The Bertz CT molecular complexity index is 500. The quantitative estimate of drug-likeness (QED) is 0.301. The summed E-state index contributed by atoms with van der Waals surface area (Å²) in [6.45, 7) is -0.391. The number of nitrogens with zero attached hydrogens (tertiary/aromatic N) is 1. The molecule has 0 radical (unpaired) electrons. The Morgan fingerprint density at radius 3 is 2.75 bits per heavy atom. The van der Waals surface area contributed by atoms with E-state index >= 15 is 0 Å². The topological polar surface area (TPSA) is 113 Å². The van der Waals surface area contributed by atoms with Crippen LogP contribution in [0.4, 0.5) is 11.4 Å². The van der Waals surface area contributed by atoms with Gasteiger partial charge in [-0.1, -0.05) is 0 Å². The largest absolute Gasteiger partial charge is 0.394 e. The van der Waals surface area contributed by atoms with Crippen LogP contribution in [0.3, 0.4) is 0 Å². The molecule has 1 amide bonds. The van der Waals surface area contributed by atoms with Gasteiger partial charge in [-0.15, -0.1) is 23.4 Å². The van der Waals surface area contributed by atoms with Crippen LogP contribution in [0, 0.1) is 10.1 Å². The average molecular weight is 321 g/mol. The number of hydrogen-bond acceptors (Lipinski definition) is 6. The first kappa shape index (κ1) is 16.7. The predicted molar refractivity (Wildman–Crippen MR) is 76.3 cm³/mol. The van der Waals surface area contributed by atoms with Crippen molar-refractivity contribution in [3.8, 4) is 0 Å². The van der Waals surface area contributed by atoms with Crippen molar-refractivity contribution < 1.29 is 19.9 Å². The second-order valence-corrected chi connectivity index (χ2v) is 5.16. The van der Waals surface area contributed by atoms with Gasteiger partial charge in [-0.2, -0.15) is 0 Å². The molecular formula is C11H13ClN2O5S. The first-order chi connectivity index (χ1) is 9.46. The summed E-state index contributed by atoms with van der Waals surface area (Å²) in [5.41, 5.74) is 0.0733. The lowest BCUT2D eigenvalue weighted by atomic mass is 10.3. The van der Waals surface area contributed by atoms with E-state index in [1.54, 1.807) is 0 Å². The maximum Gasteiger partial charge on any atom is 0.272 e. The molecule has 0 saturated carbocycles. The van der Waals surface area contributed by atoms with Crippen molar-refractivity contribution >= 4 is 40.6 Å². The number of carbonyl (C=O) groups excluding carboxylic acids is 1. The Morgan fingerprint density at radius 1 is 1.50 bits per heavy atom. The fourth-order valence-corrected chi connectivity index (χ4v) is 2.26. The highest BCUT2D eigenvalue weighted by atomic mass is 35.5. The smallest absolute Gasteiger partial charge is 0.272 e. The van der Waals surface area contributed by atoms with E-state index in [0.717, 1.165) is 11.8 Å². The Labute approximate surface area is 124 Å². The van der Waals surface area contributed by atoms with Crippen molar-refractivity contribution in [1.29, 1.82) is 0 Å². The molecule has 0 aromatic heterocycles. The average Bonchev–Trinajstić information content (AvgIpc) is 2.44. The molecule has 0 spiro atoms. The number of nitro benzene ring substituents is 1. The molecule has 3 N–H and O–H groups in total. The van der Waals surface area contributed by atoms with Gasteiger partial charge in [0.1, 0.15) is 5.88 Å². The van der Waals surface area contributed by atoms with E-state index in [9.17, 15) is 20.0 Å². The van der Waals surface area contributed by atoms with Crippen molar-refractivity contribution in [3.05, 3.63) is 28.3 Å².